The van der Waals surface area contributed by atoms with Crippen LogP contribution >= 0.6 is 15.9 Å². The van der Waals surface area contributed by atoms with Gasteiger partial charge in [-0.25, -0.2) is 9.97 Å². The van der Waals surface area contributed by atoms with Crippen LogP contribution < -0.4 is 5.32 Å². The zero-order valence-corrected chi connectivity index (χ0v) is 17.8. The quantitative estimate of drug-likeness (QED) is 0.375. The molecule has 0 fully saturated rings. The summed E-state index contributed by atoms with van der Waals surface area (Å²) in [4.78, 5) is 20.7. The van der Waals surface area contributed by atoms with E-state index in [9.17, 15) is 18.0 Å². The second-order valence-corrected chi connectivity index (χ2v) is 7.64. The third-order valence-corrected chi connectivity index (χ3v) is 5.05. The summed E-state index contributed by atoms with van der Waals surface area (Å²) in [7, 11) is 0. The first-order valence-corrected chi connectivity index (χ1v) is 10.1. The van der Waals surface area contributed by atoms with Gasteiger partial charge in [-0.2, -0.15) is 13.2 Å². The van der Waals surface area contributed by atoms with Crippen LogP contribution in [0.1, 0.15) is 11.1 Å². The van der Waals surface area contributed by atoms with Crippen LogP contribution in [0.3, 0.4) is 0 Å². The molecule has 6 nitrogen and oxygen atoms in total. The minimum absolute atomic E-state index is 0.0202. The predicted molar refractivity (Wildman–Crippen MR) is 114 cm³/mol. The van der Waals surface area contributed by atoms with Crippen molar-refractivity contribution in [2.24, 2.45) is 0 Å². The van der Waals surface area contributed by atoms with Gasteiger partial charge in [-0.15, -0.1) is 0 Å². The van der Waals surface area contributed by atoms with Crippen LogP contribution in [0.2, 0.25) is 0 Å². The molecule has 2 aromatic heterocycles. The van der Waals surface area contributed by atoms with E-state index in [4.69, 9.17) is 4.52 Å². The van der Waals surface area contributed by atoms with Crippen LogP contribution in [0.25, 0.3) is 22.5 Å². The topological polar surface area (TPSA) is 80.9 Å². The molecule has 2 heterocycles. The first-order valence-electron chi connectivity index (χ1n) is 9.30. The minimum atomic E-state index is -4.57. The average Bonchev–Trinajstić information content (AvgIpc) is 3.17. The van der Waals surface area contributed by atoms with E-state index in [2.05, 4.69) is 36.4 Å². The largest absolute Gasteiger partial charge is 0.416 e. The van der Waals surface area contributed by atoms with E-state index in [0.29, 0.717) is 22.5 Å². The molecule has 4 aromatic rings. The van der Waals surface area contributed by atoms with Crippen LogP contribution in [0, 0.1) is 0 Å². The molecule has 0 aliphatic rings. The molecule has 0 bridgehead atoms. The third kappa shape index (κ3) is 4.70. The SMILES string of the molecule is O=C(Cc1ccccc1C(F)(F)F)Nc1onc(-c2cccc(Br)c2)c1-c1ccncn1. The van der Waals surface area contributed by atoms with Gasteiger partial charge in [-0.3, -0.25) is 10.1 Å². The second-order valence-electron chi connectivity index (χ2n) is 6.72. The van der Waals surface area contributed by atoms with Gasteiger partial charge in [0.1, 0.15) is 12.0 Å². The zero-order valence-electron chi connectivity index (χ0n) is 16.2. The number of amides is 1. The number of nitrogens with zero attached hydrogens (tertiary/aromatic N) is 3. The molecule has 0 aliphatic heterocycles. The van der Waals surface area contributed by atoms with Crippen LogP contribution in [0.4, 0.5) is 19.1 Å². The highest BCUT2D eigenvalue weighted by Crippen LogP contribution is 2.37. The van der Waals surface area contributed by atoms with Crippen molar-refractivity contribution in [3.05, 3.63) is 82.7 Å². The van der Waals surface area contributed by atoms with Crippen LogP contribution in [-0.4, -0.2) is 21.0 Å². The van der Waals surface area contributed by atoms with Gasteiger partial charge in [-0.1, -0.05) is 51.4 Å². The number of hydrogen-bond acceptors (Lipinski definition) is 5. The van der Waals surface area contributed by atoms with Gasteiger partial charge < -0.3 is 4.52 Å². The molecule has 162 valence electrons. The Morgan fingerprint density at radius 1 is 1.09 bits per heavy atom. The number of carbonyl (C=O) groups excluding carboxylic acids is 1. The summed E-state index contributed by atoms with van der Waals surface area (Å²) in [5.41, 5.74) is 0.923. The maximum absolute atomic E-state index is 13.3. The number of nitrogens with one attached hydrogen (secondary N) is 1. The standard InChI is InChI=1S/C22H14BrF3N4O2/c23-15-6-3-5-14(10-15)20-19(17-8-9-27-12-28-17)21(32-30-20)29-18(31)11-13-4-1-2-7-16(13)22(24,25)26/h1-10,12H,11H2,(H,29,31). The lowest BCUT2D eigenvalue weighted by atomic mass is 10.0. The molecule has 4 rings (SSSR count). The second kappa shape index (κ2) is 8.91. The molecule has 1 amide bonds. The molecule has 0 saturated heterocycles. The molecule has 32 heavy (non-hydrogen) atoms. The number of aromatic nitrogens is 3. The van der Waals surface area contributed by atoms with Crippen LogP contribution in [-0.2, 0) is 17.4 Å². The van der Waals surface area contributed by atoms with Crippen molar-refractivity contribution >= 4 is 27.7 Å². The molecule has 1 N–H and O–H groups in total. The van der Waals surface area contributed by atoms with Gasteiger partial charge in [0.05, 0.1) is 23.2 Å². The Morgan fingerprint density at radius 2 is 1.91 bits per heavy atom. The number of carbonyl (C=O) groups is 1. The summed E-state index contributed by atoms with van der Waals surface area (Å²) in [6.45, 7) is 0. The number of halogens is 4. The summed E-state index contributed by atoms with van der Waals surface area (Å²) < 4.78 is 45.9. The van der Waals surface area contributed by atoms with E-state index < -0.39 is 24.1 Å². The fraction of sp³-hybridized carbons (Fsp3) is 0.0909. The lowest BCUT2D eigenvalue weighted by Crippen LogP contribution is -2.18. The van der Waals surface area contributed by atoms with Crippen molar-refractivity contribution in [3.8, 4) is 22.5 Å². The molecule has 0 spiro atoms. The van der Waals surface area contributed by atoms with Crippen molar-refractivity contribution in [2.75, 3.05) is 5.32 Å². The van der Waals surface area contributed by atoms with Crippen molar-refractivity contribution in [1.29, 1.82) is 0 Å². The zero-order chi connectivity index (χ0) is 22.7. The molecule has 0 radical (unpaired) electrons. The smallest absolute Gasteiger partial charge is 0.337 e. The number of rotatable bonds is 5. The Balaban J connectivity index is 1.69. The van der Waals surface area contributed by atoms with Gasteiger partial charge in [0.15, 0.2) is 0 Å². The lowest BCUT2D eigenvalue weighted by molar-refractivity contribution is -0.138. The highest BCUT2D eigenvalue weighted by molar-refractivity contribution is 9.10. The van der Waals surface area contributed by atoms with Gasteiger partial charge in [-0.05, 0) is 29.8 Å². The molecule has 0 atom stereocenters. The van der Waals surface area contributed by atoms with Crippen LogP contribution in [0.5, 0.6) is 0 Å². The first kappa shape index (κ1) is 21.7. The van der Waals surface area contributed by atoms with E-state index in [0.717, 1.165) is 10.5 Å². The van der Waals surface area contributed by atoms with Gasteiger partial charge in [0.25, 0.3) is 0 Å². The Hall–Kier alpha value is -3.53. The number of alkyl halides is 3. The van der Waals surface area contributed by atoms with Crippen molar-refractivity contribution in [2.45, 2.75) is 12.6 Å². The number of hydrogen-bond donors (Lipinski definition) is 1. The number of benzene rings is 2. The van der Waals surface area contributed by atoms with E-state index in [1.807, 2.05) is 18.2 Å². The molecule has 0 unspecified atom stereocenters. The fourth-order valence-corrected chi connectivity index (χ4v) is 3.58. The number of anilines is 1. The van der Waals surface area contributed by atoms with Crippen molar-refractivity contribution < 1.29 is 22.5 Å². The van der Waals surface area contributed by atoms with Crippen molar-refractivity contribution in [1.82, 2.24) is 15.1 Å². The Kier molecular flexibility index (Phi) is 6.04. The summed E-state index contributed by atoms with van der Waals surface area (Å²) in [6, 6.07) is 13.8. The molecular formula is C22H14BrF3N4O2. The van der Waals surface area contributed by atoms with Gasteiger partial charge in [0.2, 0.25) is 11.8 Å². The molecule has 0 aliphatic carbocycles. The normalized spacial score (nSPS) is 11.4. The summed E-state index contributed by atoms with van der Waals surface area (Å²) >= 11 is 3.40. The maximum Gasteiger partial charge on any atom is 0.416 e. The highest BCUT2D eigenvalue weighted by Gasteiger charge is 2.33. The monoisotopic (exact) mass is 502 g/mol. The Labute approximate surface area is 188 Å². The van der Waals surface area contributed by atoms with E-state index >= 15 is 0 Å². The maximum atomic E-state index is 13.3. The van der Waals surface area contributed by atoms with E-state index in [-0.39, 0.29) is 11.4 Å². The molecule has 2 aromatic carbocycles. The van der Waals surface area contributed by atoms with E-state index in [1.54, 1.807) is 12.1 Å². The Bertz CT molecular complexity index is 1260. The molecule has 0 saturated carbocycles. The predicted octanol–water partition coefficient (Wildman–Crippen LogP) is 5.76. The molecular weight excluding hydrogens is 489 g/mol. The summed E-state index contributed by atoms with van der Waals surface area (Å²) in [5, 5.41) is 6.60. The third-order valence-electron chi connectivity index (χ3n) is 4.55. The van der Waals surface area contributed by atoms with E-state index in [1.165, 1.54) is 30.7 Å². The summed E-state index contributed by atoms with van der Waals surface area (Å²) in [5.74, 6) is -0.706. The Morgan fingerprint density at radius 3 is 2.62 bits per heavy atom. The first-order chi connectivity index (χ1) is 15.3. The lowest BCUT2D eigenvalue weighted by Gasteiger charge is -2.12. The van der Waals surface area contributed by atoms with Gasteiger partial charge in [0, 0.05) is 16.2 Å². The average molecular weight is 503 g/mol. The fourth-order valence-electron chi connectivity index (χ4n) is 3.18. The summed E-state index contributed by atoms with van der Waals surface area (Å²) in [6.07, 6.45) is -2.21. The van der Waals surface area contributed by atoms with Crippen LogP contribution in [0.15, 0.2) is 76.1 Å². The van der Waals surface area contributed by atoms with Crippen molar-refractivity contribution in [3.63, 3.8) is 0 Å². The molecule has 10 heteroatoms. The van der Waals surface area contributed by atoms with Gasteiger partial charge >= 0.3 is 6.18 Å². The minimum Gasteiger partial charge on any atom is -0.337 e. The highest BCUT2D eigenvalue weighted by atomic mass is 79.9.